The van der Waals surface area contributed by atoms with Crippen LogP contribution in [0.15, 0.2) is 33.3 Å². The number of hydrogen-bond donors (Lipinski definition) is 3. The number of benzene rings is 1. The molecular formula is C21H27N5O5. The minimum absolute atomic E-state index is 0.0598. The Hall–Kier alpha value is -3.69. The molecule has 2 aromatic heterocycles. The molecule has 10 nitrogen and oxygen atoms in total. The van der Waals surface area contributed by atoms with E-state index in [0.29, 0.717) is 5.76 Å². The van der Waals surface area contributed by atoms with E-state index < -0.39 is 0 Å². The van der Waals surface area contributed by atoms with Crippen LogP contribution in [-0.2, 0) is 0 Å². The zero-order chi connectivity index (χ0) is 22.9. The maximum atomic E-state index is 12.3. The molecule has 0 spiro atoms. The number of carbonyl (C=O) groups is 1. The first kappa shape index (κ1) is 22.0. The molecule has 0 saturated carbocycles. The van der Waals surface area contributed by atoms with Gasteiger partial charge in [0.05, 0.1) is 11.6 Å². The summed E-state index contributed by atoms with van der Waals surface area (Å²) < 4.78 is 10.6. The quantitative estimate of drug-likeness (QED) is 0.384. The van der Waals surface area contributed by atoms with Gasteiger partial charge in [-0.3, -0.25) is 10.1 Å². The number of anilines is 3. The predicted octanol–water partition coefficient (Wildman–Crippen LogP) is 3.48. The van der Waals surface area contributed by atoms with Crippen molar-refractivity contribution in [1.82, 2.24) is 10.1 Å². The second kappa shape index (κ2) is 8.58. The summed E-state index contributed by atoms with van der Waals surface area (Å²) in [5.41, 5.74) is 1.28. The summed E-state index contributed by atoms with van der Waals surface area (Å²) in [4.78, 5) is 13.8. The van der Waals surface area contributed by atoms with Gasteiger partial charge >= 0.3 is 5.82 Å². The normalized spacial score (nSPS) is 12.1. The van der Waals surface area contributed by atoms with E-state index in [2.05, 4.69) is 15.8 Å². The minimum Gasteiger partial charge on any atom is -0.504 e. The predicted molar refractivity (Wildman–Crippen MR) is 114 cm³/mol. The van der Waals surface area contributed by atoms with E-state index in [4.69, 9.17) is 9.05 Å². The molecule has 2 heterocycles. The molecule has 0 aliphatic rings. The Balaban J connectivity index is 1.93. The van der Waals surface area contributed by atoms with Crippen LogP contribution in [0.5, 0.6) is 5.75 Å². The van der Waals surface area contributed by atoms with Crippen molar-refractivity contribution < 1.29 is 23.9 Å². The van der Waals surface area contributed by atoms with Crippen LogP contribution in [0.4, 0.5) is 17.3 Å². The Morgan fingerprint density at radius 2 is 2.00 bits per heavy atom. The first-order valence-corrected chi connectivity index (χ1v) is 9.84. The van der Waals surface area contributed by atoms with Gasteiger partial charge in [-0.15, -0.1) is 0 Å². The van der Waals surface area contributed by atoms with Gasteiger partial charge in [0.2, 0.25) is 0 Å². The third-order valence-electron chi connectivity index (χ3n) is 4.99. The summed E-state index contributed by atoms with van der Waals surface area (Å²) in [5, 5.41) is 32.6. The zero-order valence-electron chi connectivity index (χ0n) is 18.4. The molecule has 0 aliphatic carbocycles. The average Bonchev–Trinajstić information content (AvgIpc) is 3.22. The number of rotatable bonds is 7. The SMILES string of the molecule is Cc1cc([C@H](Nc2no[n+]([O-])c2Nc2cccc(C(=O)N(C)C)c2O)C(C)C)oc1C. The Morgan fingerprint density at radius 3 is 2.58 bits per heavy atom. The first-order valence-electron chi connectivity index (χ1n) is 9.84. The highest BCUT2D eigenvalue weighted by molar-refractivity contribution is 5.98. The molecule has 0 radical (unpaired) electrons. The van der Waals surface area contributed by atoms with Crippen LogP contribution in [0.2, 0.25) is 0 Å². The third-order valence-corrected chi connectivity index (χ3v) is 4.99. The number of para-hydroxylation sites is 1. The molecule has 0 aliphatic heterocycles. The number of nitrogens with one attached hydrogen (secondary N) is 2. The lowest BCUT2D eigenvalue weighted by atomic mass is 10.0. The van der Waals surface area contributed by atoms with Gasteiger partial charge in [-0.2, -0.15) is 0 Å². The third kappa shape index (κ3) is 4.42. The fraction of sp³-hybridized carbons (Fsp3) is 0.381. The lowest BCUT2D eigenvalue weighted by Crippen LogP contribution is -2.27. The van der Waals surface area contributed by atoms with Crippen molar-refractivity contribution in [3.63, 3.8) is 0 Å². The van der Waals surface area contributed by atoms with Crippen LogP contribution < -0.4 is 15.5 Å². The van der Waals surface area contributed by atoms with Gasteiger partial charge in [-0.05, 0) is 48.7 Å². The highest BCUT2D eigenvalue weighted by atomic mass is 16.8. The number of amides is 1. The number of carbonyl (C=O) groups excluding carboxylic acids is 1. The van der Waals surface area contributed by atoms with Crippen molar-refractivity contribution in [3.05, 3.63) is 52.1 Å². The number of hydrogen-bond acceptors (Lipinski definition) is 8. The summed E-state index contributed by atoms with van der Waals surface area (Å²) in [6, 6.07) is 6.29. The van der Waals surface area contributed by atoms with E-state index in [0.717, 1.165) is 11.3 Å². The molecular weight excluding hydrogens is 402 g/mol. The molecule has 0 bridgehead atoms. The molecule has 10 heteroatoms. The second-order valence-electron chi connectivity index (χ2n) is 7.91. The average molecular weight is 429 g/mol. The summed E-state index contributed by atoms with van der Waals surface area (Å²) in [6.07, 6.45) is 0. The zero-order valence-corrected chi connectivity index (χ0v) is 18.4. The van der Waals surface area contributed by atoms with E-state index in [1.165, 1.54) is 17.0 Å². The van der Waals surface area contributed by atoms with Crippen molar-refractivity contribution >= 4 is 23.2 Å². The highest BCUT2D eigenvalue weighted by Crippen LogP contribution is 2.34. The molecule has 31 heavy (non-hydrogen) atoms. The van der Waals surface area contributed by atoms with E-state index in [-0.39, 0.29) is 51.4 Å². The van der Waals surface area contributed by atoms with Crippen molar-refractivity contribution in [2.75, 3.05) is 24.7 Å². The highest BCUT2D eigenvalue weighted by Gasteiger charge is 2.28. The van der Waals surface area contributed by atoms with Crippen molar-refractivity contribution in [2.45, 2.75) is 33.7 Å². The number of nitrogens with zero attached hydrogens (tertiary/aromatic N) is 3. The van der Waals surface area contributed by atoms with Gasteiger partial charge in [-0.25, -0.2) is 0 Å². The monoisotopic (exact) mass is 429 g/mol. The minimum atomic E-state index is -0.372. The van der Waals surface area contributed by atoms with E-state index in [1.807, 2.05) is 33.8 Å². The molecule has 0 saturated heterocycles. The number of phenolic OH excluding ortho intramolecular Hbond substituents is 1. The molecule has 1 amide bonds. The molecule has 3 aromatic rings. The van der Waals surface area contributed by atoms with Gasteiger partial charge in [0.1, 0.15) is 17.2 Å². The van der Waals surface area contributed by atoms with Gasteiger partial charge in [-0.1, -0.05) is 24.8 Å². The Labute approximate surface area is 180 Å². The van der Waals surface area contributed by atoms with E-state index >= 15 is 0 Å². The van der Waals surface area contributed by atoms with Crippen LogP contribution in [0.3, 0.4) is 0 Å². The second-order valence-corrected chi connectivity index (χ2v) is 7.91. The van der Waals surface area contributed by atoms with Crippen molar-refractivity contribution in [1.29, 1.82) is 0 Å². The molecule has 166 valence electrons. The molecule has 3 rings (SSSR count). The van der Waals surface area contributed by atoms with Gasteiger partial charge < -0.3 is 29.6 Å². The van der Waals surface area contributed by atoms with Gasteiger partial charge in [0.15, 0.2) is 5.75 Å². The number of aromatic hydroxyl groups is 1. The van der Waals surface area contributed by atoms with Crippen LogP contribution >= 0.6 is 0 Å². The molecule has 1 aromatic carbocycles. The first-order chi connectivity index (χ1) is 14.6. The molecule has 0 fully saturated rings. The number of furan rings is 1. The van der Waals surface area contributed by atoms with Crippen LogP contribution in [0.1, 0.15) is 47.3 Å². The Kier molecular flexibility index (Phi) is 6.09. The maximum Gasteiger partial charge on any atom is 0.324 e. The fourth-order valence-electron chi connectivity index (χ4n) is 3.10. The molecule has 0 unspecified atom stereocenters. The summed E-state index contributed by atoms with van der Waals surface area (Å²) >= 11 is 0. The smallest absolute Gasteiger partial charge is 0.324 e. The van der Waals surface area contributed by atoms with Crippen LogP contribution in [-0.4, -0.2) is 35.2 Å². The summed E-state index contributed by atoms with van der Waals surface area (Å²) in [7, 11) is 3.17. The lowest BCUT2D eigenvalue weighted by molar-refractivity contribution is -0.790. The summed E-state index contributed by atoms with van der Waals surface area (Å²) in [5.74, 6) is 1.04. The summed E-state index contributed by atoms with van der Waals surface area (Å²) in [6.45, 7) is 7.85. The largest absolute Gasteiger partial charge is 0.504 e. The van der Waals surface area contributed by atoms with Crippen LogP contribution in [0.25, 0.3) is 0 Å². The van der Waals surface area contributed by atoms with E-state index in [9.17, 15) is 15.1 Å². The van der Waals surface area contributed by atoms with Gasteiger partial charge in [0.25, 0.3) is 11.7 Å². The Morgan fingerprint density at radius 1 is 1.29 bits per heavy atom. The standard InChI is InChI=1S/C21H27N5O5/c1-11(2)17(16-10-12(3)13(4)30-16)23-19-20(26(29)31-24-19)22-15-9-7-8-14(18(15)27)21(28)25(5)6/h7-11,17,22,27H,1-6H3,(H,23,24)/t17-/m1/s1. The number of phenols is 1. The fourth-order valence-corrected chi connectivity index (χ4v) is 3.10. The van der Waals surface area contributed by atoms with Gasteiger partial charge in [0, 0.05) is 14.1 Å². The molecule has 1 atom stereocenters. The lowest BCUT2D eigenvalue weighted by Gasteiger charge is -2.19. The number of aromatic nitrogens is 2. The Bertz CT molecular complexity index is 1070. The van der Waals surface area contributed by atoms with Crippen molar-refractivity contribution in [3.8, 4) is 5.75 Å². The maximum absolute atomic E-state index is 12.3. The van der Waals surface area contributed by atoms with Crippen LogP contribution in [0, 0.1) is 25.0 Å². The van der Waals surface area contributed by atoms with Crippen molar-refractivity contribution in [2.24, 2.45) is 5.92 Å². The van der Waals surface area contributed by atoms with E-state index in [1.54, 1.807) is 20.2 Å². The topological polar surface area (TPSA) is 131 Å². The molecule has 3 N–H and O–H groups in total. The number of aryl methyl sites for hydroxylation is 2.